The molecule has 0 aromatic heterocycles. The summed E-state index contributed by atoms with van der Waals surface area (Å²) in [5.41, 5.74) is 0.0506. The summed E-state index contributed by atoms with van der Waals surface area (Å²) in [4.78, 5) is 0. The van der Waals surface area contributed by atoms with Crippen molar-refractivity contribution in [1.29, 1.82) is 0 Å². The van der Waals surface area contributed by atoms with Crippen LogP contribution in [0.25, 0.3) is 0 Å². The Balaban J connectivity index is 2.45. The molecule has 0 heterocycles. The van der Waals surface area contributed by atoms with Crippen LogP contribution in [0, 0.1) is 11.8 Å². The van der Waals surface area contributed by atoms with Crippen LogP contribution in [-0.2, 0) is 4.74 Å². The van der Waals surface area contributed by atoms with Gasteiger partial charge >= 0.3 is 0 Å². The highest BCUT2D eigenvalue weighted by Gasteiger charge is 2.26. The van der Waals surface area contributed by atoms with Crippen molar-refractivity contribution in [3.63, 3.8) is 0 Å². The standard InChI is InChI=1S/C16H33NO/c1-5-17-13-15-10-8-6-7-9-14(15)11-12-16(2,3)18-4/h14-15,17H,5-13H2,1-4H3. The minimum absolute atomic E-state index is 0.0506. The van der Waals surface area contributed by atoms with E-state index >= 15 is 0 Å². The van der Waals surface area contributed by atoms with E-state index in [1.807, 2.05) is 7.11 Å². The lowest BCUT2D eigenvalue weighted by atomic mass is 9.82. The normalized spacial score (nSPS) is 26.0. The van der Waals surface area contributed by atoms with E-state index in [-0.39, 0.29) is 5.60 Å². The van der Waals surface area contributed by atoms with Crippen LogP contribution >= 0.6 is 0 Å². The van der Waals surface area contributed by atoms with Crippen molar-refractivity contribution in [2.75, 3.05) is 20.2 Å². The van der Waals surface area contributed by atoms with Crippen molar-refractivity contribution < 1.29 is 4.74 Å². The highest BCUT2D eigenvalue weighted by atomic mass is 16.5. The molecule has 0 spiro atoms. The molecular formula is C16H33NO. The first-order chi connectivity index (χ1) is 8.59. The number of rotatable bonds is 7. The Morgan fingerprint density at radius 3 is 2.39 bits per heavy atom. The van der Waals surface area contributed by atoms with Gasteiger partial charge in [-0.1, -0.05) is 32.6 Å². The molecule has 1 saturated carbocycles. The summed E-state index contributed by atoms with van der Waals surface area (Å²) in [5, 5.41) is 3.56. The Morgan fingerprint density at radius 2 is 1.78 bits per heavy atom. The molecule has 1 N–H and O–H groups in total. The van der Waals surface area contributed by atoms with E-state index in [0.717, 1.165) is 18.4 Å². The maximum absolute atomic E-state index is 5.56. The van der Waals surface area contributed by atoms with Crippen LogP contribution in [0.2, 0.25) is 0 Å². The fourth-order valence-electron chi connectivity index (χ4n) is 3.07. The van der Waals surface area contributed by atoms with Crippen LogP contribution in [0.15, 0.2) is 0 Å². The molecule has 0 bridgehead atoms. The summed E-state index contributed by atoms with van der Waals surface area (Å²) in [5.74, 6) is 1.79. The molecule has 2 heteroatoms. The van der Waals surface area contributed by atoms with Crippen molar-refractivity contribution in [2.24, 2.45) is 11.8 Å². The number of ether oxygens (including phenoxy) is 1. The van der Waals surface area contributed by atoms with Gasteiger partial charge in [0.1, 0.15) is 0 Å². The van der Waals surface area contributed by atoms with Gasteiger partial charge in [0.25, 0.3) is 0 Å². The van der Waals surface area contributed by atoms with E-state index in [9.17, 15) is 0 Å². The summed E-state index contributed by atoms with van der Waals surface area (Å²) in [6.07, 6.45) is 9.67. The van der Waals surface area contributed by atoms with Gasteiger partial charge in [-0.05, 0) is 58.0 Å². The fourth-order valence-corrected chi connectivity index (χ4v) is 3.07. The second-order valence-corrected chi connectivity index (χ2v) is 6.47. The van der Waals surface area contributed by atoms with Gasteiger partial charge in [-0.2, -0.15) is 0 Å². The maximum Gasteiger partial charge on any atom is 0.0622 e. The second-order valence-electron chi connectivity index (χ2n) is 6.47. The first kappa shape index (κ1) is 16.0. The Bertz CT molecular complexity index is 215. The zero-order valence-corrected chi connectivity index (χ0v) is 12.9. The van der Waals surface area contributed by atoms with E-state index in [4.69, 9.17) is 4.74 Å². The fraction of sp³-hybridized carbons (Fsp3) is 1.00. The predicted octanol–water partition coefficient (Wildman–Crippen LogP) is 4.00. The van der Waals surface area contributed by atoms with Crippen molar-refractivity contribution >= 4 is 0 Å². The van der Waals surface area contributed by atoms with Crippen molar-refractivity contribution in [3.05, 3.63) is 0 Å². The molecule has 0 aromatic carbocycles. The van der Waals surface area contributed by atoms with Crippen molar-refractivity contribution in [1.82, 2.24) is 5.32 Å². The number of methoxy groups -OCH3 is 1. The minimum atomic E-state index is 0.0506. The van der Waals surface area contributed by atoms with E-state index in [2.05, 4.69) is 26.1 Å². The molecule has 0 aliphatic heterocycles. The molecule has 1 aliphatic rings. The zero-order chi connectivity index (χ0) is 13.4. The lowest BCUT2D eigenvalue weighted by Gasteiger charge is -2.29. The molecular weight excluding hydrogens is 222 g/mol. The van der Waals surface area contributed by atoms with Crippen molar-refractivity contribution in [2.45, 2.75) is 71.3 Å². The Kier molecular flexibility index (Phi) is 7.25. The molecule has 1 fully saturated rings. The van der Waals surface area contributed by atoms with E-state index in [1.54, 1.807) is 0 Å². The molecule has 0 radical (unpaired) electrons. The van der Waals surface area contributed by atoms with E-state index in [1.165, 1.54) is 51.5 Å². The summed E-state index contributed by atoms with van der Waals surface area (Å²) in [6, 6.07) is 0. The highest BCUT2D eigenvalue weighted by molar-refractivity contribution is 4.79. The van der Waals surface area contributed by atoms with Crippen LogP contribution in [0.4, 0.5) is 0 Å². The van der Waals surface area contributed by atoms with E-state index < -0.39 is 0 Å². The third-order valence-electron chi connectivity index (χ3n) is 4.64. The molecule has 0 amide bonds. The van der Waals surface area contributed by atoms with Gasteiger partial charge < -0.3 is 10.1 Å². The maximum atomic E-state index is 5.56. The summed E-state index contributed by atoms with van der Waals surface area (Å²) < 4.78 is 5.56. The van der Waals surface area contributed by atoms with Gasteiger partial charge in [0.05, 0.1) is 5.60 Å². The molecule has 1 rings (SSSR count). The number of nitrogens with one attached hydrogen (secondary N) is 1. The number of hydrogen-bond acceptors (Lipinski definition) is 2. The Morgan fingerprint density at radius 1 is 1.11 bits per heavy atom. The first-order valence-electron chi connectivity index (χ1n) is 7.85. The summed E-state index contributed by atoms with van der Waals surface area (Å²) >= 11 is 0. The van der Waals surface area contributed by atoms with Crippen LogP contribution < -0.4 is 5.32 Å². The molecule has 2 unspecified atom stereocenters. The topological polar surface area (TPSA) is 21.3 Å². The summed E-state index contributed by atoms with van der Waals surface area (Å²) in [7, 11) is 1.84. The monoisotopic (exact) mass is 255 g/mol. The van der Waals surface area contributed by atoms with Crippen LogP contribution in [-0.4, -0.2) is 25.8 Å². The second kappa shape index (κ2) is 8.16. The Hall–Kier alpha value is -0.0800. The minimum Gasteiger partial charge on any atom is -0.379 e. The Labute approximate surface area is 114 Å². The smallest absolute Gasteiger partial charge is 0.0622 e. The molecule has 108 valence electrons. The molecule has 18 heavy (non-hydrogen) atoms. The zero-order valence-electron chi connectivity index (χ0n) is 12.9. The molecule has 2 atom stereocenters. The van der Waals surface area contributed by atoms with Crippen LogP contribution in [0.5, 0.6) is 0 Å². The van der Waals surface area contributed by atoms with Crippen LogP contribution in [0.1, 0.15) is 65.7 Å². The number of hydrogen-bond donors (Lipinski definition) is 1. The quantitative estimate of drug-likeness (QED) is 0.694. The van der Waals surface area contributed by atoms with Gasteiger partial charge in [-0.3, -0.25) is 0 Å². The van der Waals surface area contributed by atoms with Gasteiger partial charge in [-0.15, -0.1) is 0 Å². The van der Waals surface area contributed by atoms with Crippen LogP contribution in [0.3, 0.4) is 0 Å². The molecule has 0 aromatic rings. The van der Waals surface area contributed by atoms with E-state index in [0.29, 0.717) is 0 Å². The highest BCUT2D eigenvalue weighted by Crippen LogP contribution is 2.33. The molecule has 2 nitrogen and oxygen atoms in total. The summed E-state index contributed by atoms with van der Waals surface area (Å²) in [6.45, 7) is 8.95. The lowest BCUT2D eigenvalue weighted by Crippen LogP contribution is -2.30. The van der Waals surface area contributed by atoms with Crippen molar-refractivity contribution in [3.8, 4) is 0 Å². The SMILES string of the molecule is CCNCC1CCCCCC1CCC(C)(C)OC. The largest absolute Gasteiger partial charge is 0.379 e. The van der Waals surface area contributed by atoms with Gasteiger partial charge in [-0.25, -0.2) is 0 Å². The van der Waals surface area contributed by atoms with Gasteiger partial charge in [0.15, 0.2) is 0 Å². The molecule has 0 saturated heterocycles. The van der Waals surface area contributed by atoms with Gasteiger partial charge in [0.2, 0.25) is 0 Å². The molecule has 1 aliphatic carbocycles. The average Bonchev–Trinajstić information content (AvgIpc) is 2.59. The average molecular weight is 255 g/mol. The lowest BCUT2D eigenvalue weighted by molar-refractivity contribution is 0.00781. The third-order valence-corrected chi connectivity index (χ3v) is 4.64. The first-order valence-corrected chi connectivity index (χ1v) is 7.85. The predicted molar refractivity (Wildman–Crippen MR) is 78.9 cm³/mol. The van der Waals surface area contributed by atoms with Gasteiger partial charge in [0, 0.05) is 7.11 Å². The third kappa shape index (κ3) is 5.71.